The zero-order valence-electron chi connectivity index (χ0n) is 11.3. The topological polar surface area (TPSA) is 57.6 Å². The predicted molar refractivity (Wildman–Crippen MR) is 72.3 cm³/mol. The molecule has 1 aliphatic heterocycles. The van der Waals surface area contributed by atoms with Gasteiger partial charge in [0.2, 0.25) is 0 Å². The summed E-state index contributed by atoms with van der Waals surface area (Å²) in [5, 5.41) is 8.85. The molecule has 1 saturated heterocycles. The number of hydrogen-bond donors (Lipinski definition) is 1. The minimum Gasteiger partial charge on any atom is -0.478 e. The van der Waals surface area contributed by atoms with Crippen molar-refractivity contribution < 1.29 is 14.7 Å². The molecule has 0 aliphatic carbocycles. The summed E-state index contributed by atoms with van der Waals surface area (Å²) in [6, 6.07) is 6.46. The Hall–Kier alpha value is -1.84. The smallest absolute Gasteiger partial charge is 0.335 e. The van der Waals surface area contributed by atoms with Crippen molar-refractivity contribution in [2.75, 3.05) is 6.54 Å². The first kappa shape index (κ1) is 13.6. The first-order chi connectivity index (χ1) is 9.00. The van der Waals surface area contributed by atoms with Crippen molar-refractivity contribution in [2.24, 2.45) is 5.92 Å². The standard InChI is InChI=1S/C15H19NO3/c1-10(2)13-4-3-9-16(13)14(17)11-5-7-12(8-6-11)15(18)19/h5-8,10,13H,3-4,9H2,1-2H3,(H,18,19). The lowest BCUT2D eigenvalue weighted by Gasteiger charge is -2.27. The molecule has 0 spiro atoms. The number of carbonyl (C=O) groups is 2. The Bertz CT molecular complexity index is 479. The molecule has 1 heterocycles. The van der Waals surface area contributed by atoms with E-state index in [2.05, 4.69) is 13.8 Å². The zero-order valence-corrected chi connectivity index (χ0v) is 11.3. The average molecular weight is 261 g/mol. The van der Waals surface area contributed by atoms with Gasteiger partial charge in [0.1, 0.15) is 0 Å². The van der Waals surface area contributed by atoms with Crippen molar-refractivity contribution >= 4 is 11.9 Å². The van der Waals surface area contributed by atoms with Crippen molar-refractivity contribution in [3.05, 3.63) is 35.4 Å². The summed E-state index contributed by atoms with van der Waals surface area (Å²) in [6.07, 6.45) is 2.10. The van der Waals surface area contributed by atoms with Gasteiger partial charge in [0.05, 0.1) is 5.56 Å². The summed E-state index contributed by atoms with van der Waals surface area (Å²) >= 11 is 0. The summed E-state index contributed by atoms with van der Waals surface area (Å²) < 4.78 is 0. The number of amides is 1. The minimum atomic E-state index is -0.972. The molecule has 1 aromatic carbocycles. The zero-order chi connectivity index (χ0) is 14.0. The van der Waals surface area contributed by atoms with Gasteiger partial charge in [-0.2, -0.15) is 0 Å². The molecule has 1 atom stereocenters. The summed E-state index contributed by atoms with van der Waals surface area (Å²) in [7, 11) is 0. The van der Waals surface area contributed by atoms with E-state index in [-0.39, 0.29) is 11.5 Å². The van der Waals surface area contributed by atoms with Gasteiger partial charge < -0.3 is 10.0 Å². The van der Waals surface area contributed by atoms with Crippen LogP contribution in [0.15, 0.2) is 24.3 Å². The van der Waals surface area contributed by atoms with Gasteiger partial charge in [-0.3, -0.25) is 4.79 Å². The Balaban J connectivity index is 2.17. The average Bonchev–Trinajstić information content (AvgIpc) is 2.87. The molecular weight excluding hydrogens is 242 g/mol. The summed E-state index contributed by atoms with van der Waals surface area (Å²) in [6.45, 7) is 5.05. The molecular formula is C15H19NO3. The highest BCUT2D eigenvalue weighted by Crippen LogP contribution is 2.25. The predicted octanol–water partition coefficient (Wildman–Crippen LogP) is 2.65. The lowest BCUT2D eigenvalue weighted by atomic mass is 10.0. The molecule has 19 heavy (non-hydrogen) atoms. The number of hydrogen-bond acceptors (Lipinski definition) is 2. The number of carboxylic acid groups (broad SMARTS) is 1. The van der Waals surface area contributed by atoms with Crippen molar-refractivity contribution in [1.29, 1.82) is 0 Å². The maximum Gasteiger partial charge on any atom is 0.335 e. The van der Waals surface area contributed by atoms with Gasteiger partial charge in [-0.25, -0.2) is 4.79 Å². The van der Waals surface area contributed by atoms with Crippen LogP contribution in [0.3, 0.4) is 0 Å². The number of benzene rings is 1. The fraction of sp³-hybridized carbons (Fsp3) is 0.467. The Morgan fingerprint density at radius 1 is 1.21 bits per heavy atom. The number of carboxylic acids is 1. The molecule has 1 aromatic rings. The van der Waals surface area contributed by atoms with E-state index in [4.69, 9.17) is 5.11 Å². The van der Waals surface area contributed by atoms with Gasteiger partial charge in [-0.05, 0) is 43.0 Å². The van der Waals surface area contributed by atoms with E-state index in [0.717, 1.165) is 19.4 Å². The molecule has 1 fully saturated rings. The fourth-order valence-electron chi connectivity index (χ4n) is 2.66. The monoisotopic (exact) mass is 261 g/mol. The molecule has 1 N–H and O–H groups in total. The van der Waals surface area contributed by atoms with E-state index in [1.165, 1.54) is 12.1 Å². The van der Waals surface area contributed by atoms with Crippen molar-refractivity contribution in [3.8, 4) is 0 Å². The largest absolute Gasteiger partial charge is 0.478 e. The lowest BCUT2D eigenvalue weighted by Crippen LogP contribution is -2.38. The van der Waals surface area contributed by atoms with E-state index in [0.29, 0.717) is 17.5 Å². The molecule has 0 aromatic heterocycles. The number of nitrogens with zero attached hydrogens (tertiary/aromatic N) is 1. The van der Waals surface area contributed by atoms with Crippen molar-refractivity contribution in [3.63, 3.8) is 0 Å². The van der Waals surface area contributed by atoms with E-state index < -0.39 is 5.97 Å². The van der Waals surface area contributed by atoms with Crippen LogP contribution in [-0.4, -0.2) is 34.5 Å². The van der Waals surface area contributed by atoms with Gasteiger partial charge in [0.15, 0.2) is 0 Å². The van der Waals surface area contributed by atoms with Crippen LogP contribution in [0.4, 0.5) is 0 Å². The van der Waals surface area contributed by atoms with Crippen molar-refractivity contribution in [2.45, 2.75) is 32.7 Å². The Morgan fingerprint density at radius 3 is 2.32 bits per heavy atom. The van der Waals surface area contributed by atoms with Crippen LogP contribution >= 0.6 is 0 Å². The molecule has 0 radical (unpaired) electrons. The van der Waals surface area contributed by atoms with Crippen LogP contribution in [0.2, 0.25) is 0 Å². The Morgan fingerprint density at radius 2 is 1.79 bits per heavy atom. The van der Waals surface area contributed by atoms with Gasteiger partial charge in [-0.15, -0.1) is 0 Å². The molecule has 1 aliphatic rings. The molecule has 4 heteroatoms. The molecule has 1 amide bonds. The molecule has 1 unspecified atom stereocenters. The maximum absolute atomic E-state index is 12.4. The van der Waals surface area contributed by atoms with Crippen LogP contribution in [0, 0.1) is 5.92 Å². The fourth-order valence-corrected chi connectivity index (χ4v) is 2.66. The lowest BCUT2D eigenvalue weighted by molar-refractivity contribution is 0.0685. The second-order valence-corrected chi connectivity index (χ2v) is 5.33. The molecule has 102 valence electrons. The SMILES string of the molecule is CC(C)C1CCCN1C(=O)c1ccc(C(=O)O)cc1. The highest BCUT2D eigenvalue weighted by molar-refractivity contribution is 5.96. The number of carbonyl (C=O) groups excluding carboxylic acids is 1. The van der Waals surface area contributed by atoms with Crippen LogP contribution in [0.25, 0.3) is 0 Å². The molecule has 2 rings (SSSR count). The van der Waals surface area contributed by atoms with Crippen LogP contribution in [0.5, 0.6) is 0 Å². The molecule has 0 saturated carbocycles. The normalized spacial score (nSPS) is 18.9. The third kappa shape index (κ3) is 2.78. The van der Waals surface area contributed by atoms with Crippen LogP contribution in [-0.2, 0) is 0 Å². The van der Waals surface area contributed by atoms with Crippen LogP contribution < -0.4 is 0 Å². The van der Waals surface area contributed by atoms with Crippen LogP contribution in [0.1, 0.15) is 47.4 Å². The third-order valence-corrected chi connectivity index (χ3v) is 3.71. The van der Waals surface area contributed by atoms with Gasteiger partial charge >= 0.3 is 5.97 Å². The highest BCUT2D eigenvalue weighted by Gasteiger charge is 2.31. The van der Waals surface area contributed by atoms with Crippen molar-refractivity contribution in [1.82, 2.24) is 4.90 Å². The van der Waals surface area contributed by atoms with E-state index in [9.17, 15) is 9.59 Å². The molecule has 0 bridgehead atoms. The Kier molecular flexibility index (Phi) is 3.88. The second-order valence-electron chi connectivity index (χ2n) is 5.33. The second kappa shape index (κ2) is 5.43. The summed E-state index contributed by atoms with van der Waals surface area (Å²) in [5.74, 6) is -0.516. The first-order valence-electron chi connectivity index (χ1n) is 6.65. The van der Waals surface area contributed by atoms with Gasteiger partial charge in [-0.1, -0.05) is 13.8 Å². The third-order valence-electron chi connectivity index (χ3n) is 3.71. The summed E-state index contributed by atoms with van der Waals surface area (Å²) in [4.78, 5) is 25.1. The maximum atomic E-state index is 12.4. The van der Waals surface area contributed by atoms with E-state index in [1.54, 1.807) is 12.1 Å². The van der Waals surface area contributed by atoms with Gasteiger partial charge in [0.25, 0.3) is 5.91 Å². The highest BCUT2D eigenvalue weighted by atomic mass is 16.4. The Labute approximate surface area is 113 Å². The van der Waals surface area contributed by atoms with Gasteiger partial charge in [0, 0.05) is 18.2 Å². The van der Waals surface area contributed by atoms with E-state index in [1.807, 2.05) is 4.90 Å². The molecule has 4 nitrogen and oxygen atoms in total. The number of aromatic carboxylic acids is 1. The number of likely N-dealkylation sites (tertiary alicyclic amines) is 1. The minimum absolute atomic E-state index is 0.00754. The van der Waals surface area contributed by atoms with E-state index >= 15 is 0 Å². The first-order valence-corrected chi connectivity index (χ1v) is 6.65. The quantitative estimate of drug-likeness (QED) is 0.910. The summed E-state index contributed by atoms with van der Waals surface area (Å²) in [5.41, 5.74) is 0.774. The number of rotatable bonds is 3.